The smallest absolute Gasteiger partial charge is 0.262 e. The highest BCUT2D eigenvalue weighted by atomic mass is 32.1. The lowest BCUT2D eigenvalue weighted by molar-refractivity contribution is 0.0936. The second-order valence-corrected chi connectivity index (χ2v) is 7.50. The lowest BCUT2D eigenvalue weighted by atomic mass is 9.87. The normalized spacial score (nSPS) is 16.6. The molecular formula is C19H19N3O2S. The van der Waals surface area contributed by atoms with Gasteiger partial charge < -0.3 is 10.3 Å². The SMILES string of the molecule is Cc1nc2sc(C(=O)N[C@H]3CCCc4ccccc43)c(C)c2c(=O)[nH]1. The summed E-state index contributed by atoms with van der Waals surface area (Å²) in [5, 5.41) is 3.68. The summed E-state index contributed by atoms with van der Waals surface area (Å²) < 4.78 is 0. The van der Waals surface area contributed by atoms with E-state index < -0.39 is 0 Å². The van der Waals surface area contributed by atoms with Crippen LogP contribution in [0, 0.1) is 13.8 Å². The van der Waals surface area contributed by atoms with Crippen LogP contribution in [0.4, 0.5) is 0 Å². The van der Waals surface area contributed by atoms with Crippen LogP contribution in [0.15, 0.2) is 29.1 Å². The third-order valence-electron chi connectivity index (χ3n) is 4.80. The van der Waals surface area contributed by atoms with Gasteiger partial charge in [-0.3, -0.25) is 9.59 Å². The number of nitrogens with one attached hydrogen (secondary N) is 2. The molecule has 1 aromatic carbocycles. The number of aryl methyl sites for hydroxylation is 3. The number of hydrogen-bond acceptors (Lipinski definition) is 4. The van der Waals surface area contributed by atoms with Crippen LogP contribution >= 0.6 is 11.3 Å². The highest BCUT2D eigenvalue weighted by molar-refractivity contribution is 7.20. The van der Waals surface area contributed by atoms with Gasteiger partial charge in [0.15, 0.2) is 0 Å². The van der Waals surface area contributed by atoms with E-state index in [1.165, 1.54) is 22.5 Å². The third-order valence-corrected chi connectivity index (χ3v) is 5.98. The summed E-state index contributed by atoms with van der Waals surface area (Å²) in [4.78, 5) is 33.3. The third kappa shape index (κ3) is 2.76. The van der Waals surface area contributed by atoms with Gasteiger partial charge in [0.05, 0.1) is 16.3 Å². The highest BCUT2D eigenvalue weighted by Crippen LogP contribution is 2.31. The molecule has 2 heterocycles. The molecule has 6 heteroatoms. The van der Waals surface area contributed by atoms with E-state index >= 15 is 0 Å². The summed E-state index contributed by atoms with van der Waals surface area (Å²) in [7, 11) is 0. The zero-order chi connectivity index (χ0) is 17.6. The molecule has 2 N–H and O–H groups in total. The van der Waals surface area contributed by atoms with Gasteiger partial charge in [-0.05, 0) is 49.8 Å². The quantitative estimate of drug-likeness (QED) is 0.741. The molecule has 5 nitrogen and oxygen atoms in total. The van der Waals surface area contributed by atoms with Crippen molar-refractivity contribution in [2.45, 2.75) is 39.2 Å². The maximum absolute atomic E-state index is 12.9. The van der Waals surface area contributed by atoms with Crippen LogP contribution < -0.4 is 10.9 Å². The Morgan fingerprint density at radius 2 is 2.12 bits per heavy atom. The predicted octanol–water partition coefficient (Wildman–Crippen LogP) is 3.41. The number of fused-ring (bicyclic) bond motifs is 2. The topological polar surface area (TPSA) is 74.8 Å². The molecule has 0 radical (unpaired) electrons. The Morgan fingerprint density at radius 3 is 2.96 bits per heavy atom. The molecule has 0 spiro atoms. The average molecular weight is 353 g/mol. The molecule has 1 atom stereocenters. The first kappa shape index (κ1) is 16.0. The number of H-pyrrole nitrogens is 1. The van der Waals surface area contributed by atoms with Crippen molar-refractivity contribution in [3.8, 4) is 0 Å². The second kappa shape index (κ2) is 6.11. The number of thiophene rings is 1. The molecule has 2 aromatic heterocycles. The van der Waals surface area contributed by atoms with Crippen molar-refractivity contribution >= 4 is 27.5 Å². The number of rotatable bonds is 2. The zero-order valence-corrected chi connectivity index (χ0v) is 15.0. The summed E-state index contributed by atoms with van der Waals surface area (Å²) >= 11 is 1.29. The molecule has 4 rings (SSSR count). The first-order valence-electron chi connectivity index (χ1n) is 8.43. The van der Waals surface area contributed by atoms with Gasteiger partial charge in [-0.2, -0.15) is 0 Å². The Bertz CT molecular complexity index is 1030. The number of nitrogens with zero attached hydrogens (tertiary/aromatic N) is 1. The largest absolute Gasteiger partial charge is 0.345 e. The molecule has 0 saturated carbocycles. The standard InChI is InChI=1S/C19H19N3O2S/c1-10-15-17(23)20-11(2)21-19(15)25-16(10)18(24)22-14-9-5-7-12-6-3-4-8-13(12)14/h3-4,6,8,14H,5,7,9H2,1-2H3,(H,22,24)(H,20,21,23)/t14-/m0/s1. The molecule has 0 aliphatic heterocycles. The van der Waals surface area contributed by atoms with Crippen molar-refractivity contribution in [1.29, 1.82) is 0 Å². The number of hydrogen-bond donors (Lipinski definition) is 2. The summed E-state index contributed by atoms with van der Waals surface area (Å²) in [6, 6.07) is 8.30. The van der Waals surface area contributed by atoms with Crippen LogP contribution in [-0.2, 0) is 6.42 Å². The maximum Gasteiger partial charge on any atom is 0.262 e. The first-order valence-corrected chi connectivity index (χ1v) is 9.25. The van der Waals surface area contributed by atoms with E-state index in [4.69, 9.17) is 0 Å². The van der Waals surface area contributed by atoms with Gasteiger partial charge in [-0.25, -0.2) is 4.98 Å². The Balaban J connectivity index is 1.69. The molecule has 0 bridgehead atoms. The minimum atomic E-state index is -0.182. The maximum atomic E-state index is 12.9. The van der Waals surface area contributed by atoms with Gasteiger partial charge in [0.25, 0.3) is 11.5 Å². The number of carbonyl (C=O) groups is 1. The van der Waals surface area contributed by atoms with E-state index in [0.29, 0.717) is 26.5 Å². The van der Waals surface area contributed by atoms with Crippen molar-refractivity contribution in [3.63, 3.8) is 0 Å². The highest BCUT2D eigenvalue weighted by Gasteiger charge is 2.25. The van der Waals surface area contributed by atoms with Crippen molar-refractivity contribution in [1.82, 2.24) is 15.3 Å². The van der Waals surface area contributed by atoms with Gasteiger partial charge in [0.1, 0.15) is 10.7 Å². The summed E-state index contributed by atoms with van der Waals surface area (Å²) in [5.74, 6) is 0.436. The second-order valence-electron chi connectivity index (χ2n) is 6.50. The number of benzene rings is 1. The fourth-order valence-corrected chi connectivity index (χ4v) is 4.73. The molecular weight excluding hydrogens is 334 g/mol. The minimum Gasteiger partial charge on any atom is -0.345 e. The zero-order valence-electron chi connectivity index (χ0n) is 14.2. The Labute approximate surface area is 149 Å². The van der Waals surface area contributed by atoms with Gasteiger partial charge in [0, 0.05) is 0 Å². The van der Waals surface area contributed by atoms with Crippen LogP contribution in [0.2, 0.25) is 0 Å². The fraction of sp³-hybridized carbons (Fsp3) is 0.316. The number of carbonyl (C=O) groups excluding carboxylic acids is 1. The lowest BCUT2D eigenvalue weighted by Crippen LogP contribution is -2.30. The lowest BCUT2D eigenvalue weighted by Gasteiger charge is -2.26. The molecule has 128 valence electrons. The molecule has 0 saturated heterocycles. The average Bonchev–Trinajstić information content (AvgIpc) is 2.92. The Morgan fingerprint density at radius 1 is 1.32 bits per heavy atom. The Kier molecular flexibility index (Phi) is 3.92. The molecule has 1 aliphatic rings. The van der Waals surface area contributed by atoms with E-state index in [1.54, 1.807) is 6.92 Å². The first-order chi connectivity index (χ1) is 12.0. The van der Waals surface area contributed by atoms with Crippen LogP contribution in [-0.4, -0.2) is 15.9 Å². The van der Waals surface area contributed by atoms with Crippen molar-refractivity contribution < 1.29 is 4.79 Å². The van der Waals surface area contributed by atoms with Crippen molar-refractivity contribution in [2.75, 3.05) is 0 Å². The van der Waals surface area contributed by atoms with Crippen LogP contribution in [0.3, 0.4) is 0 Å². The molecule has 1 aliphatic carbocycles. The number of aromatic nitrogens is 2. The fourth-order valence-electron chi connectivity index (χ4n) is 3.60. The predicted molar refractivity (Wildman–Crippen MR) is 99.3 cm³/mol. The van der Waals surface area contributed by atoms with Gasteiger partial charge in [-0.15, -0.1) is 11.3 Å². The summed E-state index contributed by atoms with van der Waals surface area (Å²) in [6.45, 7) is 3.56. The number of aromatic amines is 1. The molecule has 3 aromatic rings. The van der Waals surface area contributed by atoms with Gasteiger partial charge >= 0.3 is 0 Å². The molecule has 0 fully saturated rings. The van der Waals surface area contributed by atoms with E-state index in [2.05, 4.69) is 27.4 Å². The monoisotopic (exact) mass is 353 g/mol. The molecule has 1 amide bonds. The van der Waals surface area contributed by atoms with E-state index in [9.17, 15) is 9.59 Å². The summed E-state index contributed by atoms with van der Waals surface area (Å²) in [6.07, 6.45) is 3.06. The minimum absolute atomic E-state index is 0.0232. The van der Waals surface area contributed by atoms with Crippen LogP contribution in [0.25, 0.3) is 10.2 Å². The molecule has 25 heavy (non-hydrogen) atoms. The van der Waals surface area contributed by atoms with E-state index in [0.717, 1.165) is 19.3 Å². The van der Waals surface area contributed by atoms with Gasteiger partial charge in [0.2, 0.25) is 0 Å². The number of amides is 1. The van der Waals surface area contributed by atoms with E-state index in [-0.39, 0.29) is 17.5 Å². The van der Waals surface area contributed by atoms with Gasteiger partial charge in [-0.1, -0.05) is 24.3 Å². The Hall–Kier alpha value is -2.47. The van der Waals surface area contributed by atoms with Crippen LogP contribution in [0.5, 0.6) is 0 Å². The molecule has 0 unspecified atom stereocenters. The van der Waals surface area contributed by atoms with Crippen molar-refractivity contribution in [2.24, 2.45) is 0 Å². The van der Waals surface area contributed by atoms with E-state index in [1.807, 2.05) is 19.1 Å². The summed E-state index contributed by atoms with van der Waals surface area (Å²) in [5.41, 5.74) is 3.03. The van der Waals surface area contributed by atoms with Crippen molar-refractivity contribution in [3.05, 3.63) is 62.0 Å². The van der Waals surface area contributed by atoms with Crippen LogP contribution in [0.1, 0.15) is 51.1 Å².